The van der Waals surface area contributed by atoms with E-state index in [-0.39, 0.29) is 11.5 Å². The summed E-state index contributed by atoms with van der Waals surface area (Å²) in [5, 5.41) is 21.0. The maximum absolute atomic E-state index is 10.4. The third-order valence-electron chi connectivity index (χ3n) is 4.77. The third kappa shape index (κ3) is 3.32. The fraction of sp³-hybridized carbons (Fsp3) is 0.647. The first kappa shape index (κ1) is 15.0. The molecule has 0 aromatic heterocycles. The first-order valence-corrected chi connectivity index (χ1v) is 8.95. The largest absolute Gasteiger partial charge is 0.504 e. The average Bonchev–Trinajstić information content (AvgIpc) is 2.67. The Morgan fingerprint density at radius 2 is 1.81 bits per heavy atom. The van der Waals surface area contributed by atoms with Crippen LogP contribution in [-0.4, -0.2) is 40.5 Å². The molecule has 2 aliphatic rings. The number of hydrogen-bond acceptors (Lipinski definition) is 4. The molecule has 1 aromatic carbocycles. The van der Waals surface area contributed by atoms with Crippen molar-refractivity contribution in [1.82, 2.24) is 4.90 Å². The zero-order valence-corrected chi connectivity index (χ0v) is 13.6. The van der Waals surface area contributed by atoms with Crippen LogP contribution in [0.1, 0.15) is 43.2 Å². The molecule has 1 fully saturated rings. The molecule has 1 aromatic rings. The van der Waals surface area contributed by atoms with Crippen LogP contribution in [0.4, 0.5) is 0 Å². The van der Waals surface area contributed by atoms with Gasteiger partial charge in [-0.3, -0.25) is 0 Å². The summed E-state index contributed by atoms with van der Waals surface area (Å²) < 4.78 is 0. The monoisotopic (exact) mass is 307 g/mol. The van der Waals surface area contributed by atoms with Gasteiger partial charge in [-0.15, -0.1) is 11.8 Å². The summed E-state index contributed by atoms with van der Waals surface area (Å²) in [7, 11) is 2.14. The Morgan fingerprint density at radius 3 is 2.57 bits per heavy atom. The van der Waals surface area contributed by atoms with Gasteiger partial charge in [0.15, 0.2) is 11.5 Å². The van der Waals surface area contributed by atoms with Gasteiger partial charge < -0.3 is 15.1 Å². The lowest BCUT2D eigenvalue weighted by Crippen LogP contribution is -2.20. The highest BCUT2D eigenvalue weighted by atomic mass is 32.2. The first-order valence-electron chi connectivity index (χ1n) is 8.07. The van der Waals surface area contributed by atoms with Crippen molar-refractivity contribution >= 4 is 11.8 Å². The Hall–Kier alpha value is -0.870. The van der Waals surface area contributed by atoms with E-state index in [1.165, 1.54) is 43.2 Å². The Morgan fingerprint density at radius 1 is 1.10 bits per heavy atom. The average molecular weight is 307 g/mol. The van der Waals surface area contributed by atoms with Crippen LogP contribution in [0.3, 0.4) is 0 Å². The molecule has 1 aliphatic carbocycles. The van der Waals surface area contributed by atoms with Crippen molar-refractivity contribution in [2.45, 2.75) is 55.1 Å². The molecular formula is C17H25NO2S. The van der Waals surface area contributed by atoms with Crippen molar-refractivity contribution in [2.75, 3.05) is 20.1 Å². The molecule has 1 heterocycles. The summed E-state index contributed by atoms with van der Waals surface area (Å²) in [4.78, 5) is 3.27. The molecule has 1 saturated carbocycles. The molecule has 1 aliphatic heterocycles. The highest BCUT2D eigenvalue weighted by molar-refractivity contribution is 8.00. The predicted molar refractivity (Wildman–Crippen MR) is 87.4 cm³/mol. The summed E-state index contributed by atoms with van der Waals surface area (Å²) in [6, 6.07) is 1.77. The minimum Gasteiger partial charge on any atom is -0.504 e. The maximum Gasteiger partial charge on any atom is 0.171 e. The maximum atomic E-state index is 10.4. The number of likely N-dealkylation sites (N-methyl/N-ethyl adjacent to an activating group) is 1. The number of benzene rings is 1. The van der Waals surface area contributed by atoms with Gasteiger partial charge in [-0.1, -0.05) is 19.3 Å². The van der Waals surface area contributed by atoms with Crippen LogP contribution in [0.25, 0.3) is 0 Å². The summed E-state index contributed by atoms with van der Waals surface area (Å²) in [6.45, 7) is 2.04. The molecule has 4 heteroatoms. The Balaban J connectivity index is 1.92. The molecule has 0 atom stereocenters. The normalized spacial score (nSPS) is 21.0. The van der Waals surface area contributed by atoms with Gasteiger partial charge in [0.25, 0.3) is 0 Å². The summed E-state index contributed by atoms with van der Waals surface area (Å²) >= 11 is 1.80. The van der Waals surface area contributed by atoms with Crippen molar-refractivity contribution in [2.24, 2.45) is 0 Å². The molecule has 2 N–H and O–H groups in total. The number of phenols is 2. The summed E-state index contributed by atoms with van der Waals surface area (Å²) in [5.41, 5.74) is 2.48. The number of rotatable bonds is 2. The molecule has 0 saturated heterocycles. The molecule has 21 heavy (non-hydrogen) atoms. The standard InChI is InChI=1S/C17H25NO2S/c1-18-9-7-12-11-15(19)16(20)17(14(12)8-10-18)21-13-5-3-2-4-6-13/h11,13,19-20H,2-10H2,1H3. The van der Waals surface area contributed by atoms with E-state index in [1.807, 2.05) is 0 Å². The lowest BCUT2D eigenvalue weighted by molar-refractivity contribution is 0.352. The van der Waals surface area contributed by atoms with Gasteiger partial charge in [0.1, 0.15) is 0 Å². The molecule has 0 spiro atoms. The van der Waals surface area contributed by atoms with E-state index in [2.05, 4.69) is 11.9 Å². The van der Waals surface area contributed by atoms with Gasteiger partial charge in [0.2, 0.25) is 0 Å². The van der Waals surface area contributed by atoms with Crippen LogP contribution in [0.5, 0.6) is 11.5 Å². The minimum atomic E-state index is 0.0524. The Labute approximate surface area is 131 Å². The number of thioether (sulfide) groups is 1. The molecule has 0 bridgehead atoms. The van der Waals surface area contributed by atoms with Crippen LogP contribution < -0.4 is 0 Å². The summed E-state index contributed by atoms with van der Waals surface area (Å²) in [6.07, 6.45) is 8.31. The fourth-order valence-electron chi connectivity index (χ4n) is 3.43. The Kier molecular flexibility index (Phi) is 4.65. The minimum absolute atomic E-state index is 0.0524. The quantitative estimate of drug-likeness (QED) is 0.820. The van der Waals surface area contributed by atoms with E-state index in [9.17, 15) is 10.2 Å². The number of fused-ring (bicyclic) bond motifs is 1. The fourth-order valence-corrected chi connectivity index (χ4v) is 4.92. The number of nitrogens with zero attached hydrogens (tertiary/aromatic N) is 1. The SMILES string of the molecule is CN1CCc2cc(O)c(O)c(SC3CCCCC3)c2CC1. The van der Waals surface area contributed by atoms with Crippen LogP contribution in [0.15, 0.2) is 11.0 Å². The molecule has 3 nitrogen and oxygen atoms in total. The van der Waals surface area contributed by atoms with Gasteiger partial charge in [0.05, 0.1) is 4.90 Å². The van der Waals surface area contributed by atoms with E-state index in [0.29, 0.717) is 5.25 Å². The molecule has 116 valence electrons. The van der Waals surface area contributed by atoms with Gasteiger partial charge in [-0.2, -0.15) is 0 Å². The topological polar surface area (TPSA) is 43.7 Å². The van der Waals surface area contributed by atoms with Crippen LogP contribution in [-0.2, 0) is 12.8 Å². The van der Waals surface area contributed by atoms with E-state index < -0.39 is 0 Å². The second kappa shape index (κ2) is 6.49. The van der Waals surface area contributed by atoms with Crippen LogP contribution in [0.2, 0.25) is 0 Å². The predicted octanol–water partition coefficient (Wildman–Crippen LogP) is 3.55. The van der Waals surface area contributed by atoms with Gasteiger partial charge in [0, 0.05) is 18.3 Å². The first-order chi connectivity index (χ1) is 10.1. The molecule has 0 radical (unpaired) electrons. The van der Waals surface area contributed by atoms with E-state index >= 15 is 0 Å². The lowest BCUT2D eigenvalue weighted by atomic mass is 10.0. The zero-order valence-electron chi connectivity index (χ0n) is 12.8. The number of hydrogen-bond donors (Lipinski definition) is 2. The van der Waals surface area contributed by atoms with E-state index in [1.54, 1.807) is 17.8 Å². The molecule has 0 amide bonds. The third-order valence-corrected chi connectivity index (χ3v) is 6.25. The van der Waals surface area contributed by atoms with Crippen molar-refractivity contribution < 1.29 is 10.2 Å². The van der Waals surface area contributed by atoms with Gasteiger partial charge in [-0.05, 0) is 49.9 Å². The smallest absolute Gasteiger partial charge is 0.171 e. The van der Waals surface area contributed by atoms with Crippen LogP contribution >= 0.6 is 11.8 Å². The Bertz CT molecular complexity index is 512. The van der Waals surface area contributed by atoms with Gasteiger partial charge >= 0.3 is 0 Å². The number of phenolic OH excluding ortho intramolecular Hbond substituents is 2. The van der Waals surface area contributed by atoms with Crippen molar-refractivity contribution in [3.8, 4) is 11.5 Å². The number of aromatic hydroxyl groups is 2. The van der Waals surface area contributed by atoms with Crippen LogP contribution in [0, 0.1) is 0 Å². The van der Waals surface area contributed by atoms with Gasteiger partial charge in [-0.25, -0.2) is 0 Å². The van der Waals surface area contributed by atoms with Crippen molar-refractivity contribution in [1.29, 1.82) is 0 Å². The van der Waals surface area contributed by atoms with Crippen molar-refractivity contribution in [3.63, 3.8) is 0 Å². The second-order valence-corrected chi connectivity index (χ2v) is 7.70. The second-order valence-electron chi connectivity index (χ2n) is 6.39. The zero-order chi connectivity index (χ0) is 14.8. The van der Waals surface area contributed by atoms with E-state index in [4.69, 9.17) is 0 Å². The summed E-state index contributed by atoms with van der Waals surface area (Å²) in [5.74, 6) is 0.158. The molecule has 0 unspecified atom stereocenters. The van der Waals surface area contributed by atoms with Crippen molar-refractivity contribution in [3.05, 3.63) is 17.2 Å². The van der Waals surface area contributed by atoms with E-state index in [0.717, 1.165) is 30.8 Å². The highest BCUT2D eigenvalue weighted by Crippen LogP contribution is 2.45. The highest BCUT2D eigenvalue weighted by Gasteiger charge is 2.24. The molecule has 3 rings (SSSR count). The molecular weight excluding hydrogens is 282 g/mol. The lowest BCUT2D eigenvalue weighted by Gasteiger charge is -2.23.